The molecule has 3 aromatic rings. The highest BCUT2D eigenvalue weighted by Gasteiger charge is 2.14. The molecule has 0 fully saturated rings. The highest BCUT2D eigenvalue weighted by Crippen LogP contribution is 2.33. The number of nitrogens with zero attached hydrogens (tertiary/aromatic N) is 3. The zero-order valence-corrected chi connectivity index (χ0v) is 18.2. The number of ether oxygens (including phenoxy) is 1. The van der Waals surface area contributed by atoms with Crippen LogP contribution in [-0.4, -0.2) is 19.7 Å². The first kappa shape index (κ1) is 18.1. The molecule has 24 heavy (non-hydrogen) atoms. The summed E-state index contributed by atoms with van der Waals surface area (Å²) in [7, 11) is 0. The minimum atomic E-state index is 0.360. The normalized spacial score (nSPS) is 11.1. The fourth-order valence-corrected chi connectivity index (χ4v) is 4.74. The molecule has 5 nitrogen and oxygen atoms in total. The van der Waals surface area contributed by atoms with E-state index in [1.54, 1.807) is 6.20 Å². The molecule has 2 heterocycles. The van der Waals surface area contributed by atoms with E-state index in [9.17, 15) is 0 Å². The van der Waals surface area contributed by atoms with Crippen molar-refractivity contribution in [2.75, 3.05) is 0 Å². The Morgan fingerprint density at radius 1 is 1.33 bits per heavy atom. The van der Waals surface area contributed by atoms with Gasteiger partial charge in [0.15, 0.2) is 16.3 Å². The number of nitrogens with one attached hydrogen (secondary N) is 1. The number of fused-ring (bicyclic) bond motifs is 1. The lowest BCUT2D eigenvalue weighted by Gasteiger charge is -2.12. The Morgan fingerprint density at radius 2 is 2.17 bits per heavy atom. The van der Waals surface area contributed by atoms with Crippen molar-refractivity contribution in [3.8, 4) is 5.75 Å². The molecule has 0 atom stereocenters. The molecule has 1 N–H and O–H groups in total. The minimum Gasteiger partial charge on any atom is -0.482 e. The van der Waals surface area contributed by atoms with Crippen molar-refractivity contribution in [2.24, 2.45) is 0 Å². The summed E-state index contributed by atoms with van der Waals surface area (Å²) in [4.78, 5) is 4.50. The number of aromatic amines is 1. The highest BCUT2D eigenvalue weighted by molar-refractivity contribution is 14.1. The Kier molecular flexibility index (Phi) is 6.08. The average molecular weight is 566 g/mol. The molecule has 1 aromatic carbocycles. The third kappa shape index (κ3) is 3.74. The summed E-state index contributed by atoms with van der Waals surface area (Å²) in [5.41, 5.74) is 0.878. The van der Waals surface area contributed by atoms with E-state index < -0.39 is 0 Å². The van der Waals surface area contributed by atoms with Gasteiger partial charge < -0.3 is 9.30 Å². The maximum atomic E-state index is 6.10. The lowest BCUT2D eigenvalue weighted by Crippen LogP contribution is -2.08. The van der Waals surface area contributed by atoms with Crippen LogP contribution >= 0.6 is 57.4 Å². The van der Waals surface area contributed by atoms with Crippen molar-refractivity contribution < 1.29 is 4.74 Å². The van der Waals surface area contributed by atoms with Gasteiger partial charge in [-0.2, -0.15) is 5.10 Å². The number of hydrogen-bond donors (Lipinski definition) is 1. The van der Waals surface area contributed by atoms with Gasteiger partial charge in [-0.25, -0.2) is 0 Å². The van der Waals surface area contributed by atoms with Gasteiger partial charge in [0.1, 0.15) is 12.1 Å². The fourth-order valence-electron chi connectivity index (χ4n) is 2.43. The van der Waals surface area contributed by atoms with Crippen molar-refractivity contribution in [1.29, 1.82) is 0 Å². The van der Waals surface area contributed by atoms with Gasteiger partial charge in [-0.05, 0) is 76.0 Å². The van der Waals surface area contributed by atoms with Gasteiger partial charge >= 0.3 is 0 Å². The van der Waals surface area contributed by atoms with E-state index in [1.165, 1.54) is 0 Å². The summed E-state index contributed by atoms with van der Waals surface area (Å²) in [6, 6.07) is 6.11. The largest absolute Gasteiger partial charge is 0.482 e. The monoisotopic (exact) mass is 566 g/mol. The molecule has 0 aliphatic rings. The van der Waals surface area contributed by atoms with Gasteiger partial charge in [0, 0.05) is 21.7 Å². The predicted octanol–water partition coefficient (Wildman–Crippen LogP) is 5.08. The fraction of sp³-hybridized carbons (Fsp3) is 0.312. The maximum Gasteiger partial charge on any atom is 0.195 e. The summed E-state index contributed by atoms with van der Waals surface area (Å²) in [6.45, 7) is 3.37. The van der Waals surface area contributed by atoms with Crippen molar-refractivity contribution >= 4 is 68.3 Å². The zero-order chi connectivity index (χ0) is 17.1. The van der Waals surface area contributed by atoms with Crippen LogP contribution in [0.15, 0.2) is 24.4 Å². The van der Waals surface area contributed by atoms with Crippen LogP contribution in [0.2, 0.25) is 0 Å². The van der Waals surface area contributed by atoms with Crippen LogP contribution in [0.3, 0.4) is 0 Å². The first-order valence-corrected chi connectivity index (χ1v) is 10.2. The van der Waals surface area contributed by atoms with Crippen LogP contribution in [0.4, 0.5) is 0 Å². The highest BCUT2D eigenvalue weighted by atomic mass is 127. The molecule has 0 unspecified atom stereocenters. The molecular formula is C16H16I2N4OS. The third-order valence-corrected chi connectivity index (χ3v) is 5.67. The Morgan fingerprint density at radius 3 is 2.96 bits per heavy atom. The van der Waals surface area contributed by atoms with Gasteiger partial charge in [0.05, 0.1) is 3.57 Å². The lowest BCUT2D eigenvalue weighted by atomic mass is 10.2. The number of hydrogen-bond acceptors (Lipinski definition) is 4. The van der Waals surface area contributed by atoms with E-state index >= 15 is 0 Å². The second kappa shape index (κ2) is 8.09. The third-order valence-electron chi connectivity index (χ3n) is 3.67. The van der Waals surface area contributed by atoms with Crippen molar-refractivity contribution in [3.05, 3.63) is 42.1 Å². The molecule has 0 amide bonds. The van der Waals surface area contributed by atoms with E-state index in [2.05, 4.69) is 79.4 Å². The van der Waals surface area contributed by atoms with Gasteiger partial charge in [0.25, 0.3) is 0 Å². The Balaban J connectivity index is 1.91. The molecule has 0 saturated carbocycles. The number of halogens is 2. The second-order valence-electron chi connectivity index (χ2n) is 5.31. The van der Waals surface area contributed by atoms with Crippen LogP contribution in [0.25, 0.3) is 10.9 Å². The number of H-pyrrole nitrogens is 1. The molecule has 2 aromatic heterocycles. The molecule has 8 heteroatoms. The molecular weight excluding hydrogens is 550 g/mol. The number of rotatable bonds is 6. The molecule has 0 aliphatic heterocycles. The van der Waals surface area contributed by atoms with Crippen LogP contribution in [0.5, 0.6) is 5.75 Å². The Hall–Kier alpha value is -0.750. The van der Waals surface area contributed by atoms with Gasteiger partial charge in [0.2, 0.25) is 0 Å². The molecule has 0 radical (unpaired) electrons. The first-order valence-electron chi connectivity index (χ1n) is 7.61. The summed E-state index contributed by atoms with van der Waals surface area (Å²) in [6.07, 6.45) is 3.96. The van der Waals surface area contributed by atoms with Gasteiger partial charge in [-0.1, -0.05) is 19.4 Å². The Bertz CT molecular complexity index is 922. The molecule has 126 valence electrons. The van der Waals surface area contributed by atoms with Gasteiger partial charge in [-0.3, -0.25) is 10.1 Å². The predicted molar refractivity (Wildman–Crippen MR) is 114 cm³/mol. The number of aromatic nitrogens is 4. The van der Waals surface area contributed by atoms with E-state index in [4.69, 9.17) is 17.0 Å². The van der Waals surface area contributed by atoms with Crippen molar-refractivity contribution in [2.45, 2.75) is 32.9 Å². The summed E-state index contributed by atoms with van der Waals surface area (Å²) >= 11 is 9.93. The smallest absolute Gasteiger partial charge is 0.195 e. The topological polar surface area (TPSA) is 55.7 Å². The molecule has 0 aliphatic carbocycles. The Labute approximate surface area is 172 Å². The van der Waals surface area contributed by atoms with E-state index in [0.717, 1.165) is 49.0 Å². The number of unbranched alkanes of at least 4 members (excludes halogenated alkanes) is 1. The van der Waals surface area contributed by atoms with E-state index in [0.29, 0.717) is 11.4 Å². The standard InChI is InChI=1S/C16H16I2N4OS/c1-2-3-7-22-13(20-21-16(22)24)9-23-15-12(18)8-11(17)10-5-4-6-19-14(10)15/h4-6,8H,2-3,7,9H2,1H3,(H,21,24). The summed E-state index contributed by atoms with van der Waals surface area (Å²) in [5, 5.41) is 8.26. The van der Waals surface area contributed by atoms with Gasteiger partial charge in [-0.15, -0.1) is 0 Å². The quantitative estimate of drug-likeness (QED) is 0.335. The lowest BCUT2D eigenvalue weighted by molar-refractivity contribution is 0.289. The minimum absolute atomic E-state index is 0.360. The number of benzene rings is 1. The van der Waals surface area contributed by atoms with E-state index in [1.807, 2.05) is 10.6 Å². The van der Waals surface area contributed by atoms with Crippen molar-refractivity contribution in [1.82, 2.24) is 19.7 Å². The van der Waals surface area contributed by atoms with Crippen LogP contribution in [0.1, 0.15) is 25.6 Å². The summed E-state index contributed by atoms with van der Waals surface area (Å²) in [5.74, 6) is 1.61. The summed E-state index contributed by atoms with van der Waals surface area (Å²) < 4.78 is 11.0. The molecule has 0 bridgehead atoms. The van der Waals surface area contributed by atoms with Crippen LogP contribution in [-0.2, 0) is 13.2 Å². The molecule has 0 spiro atoms. The number of pyridine rings is 1. The molecule has 0 saturated heterocycles. The SMILES string of the molecule is CCCCn1c(COc2c(I)cc(I)c3cccnc23)n[nH]c1=S. The molecule has 3 rings (SSSR count). The first-order chi connectivity index (χ1) is 11.6. The second-order valence-corrected chi connectivity index (χ2v) is 8.02. The zero-order valence-electron chi connectivity index (χ0n) is 13.1. The van der Waals surface area contributed by atoms with Crippen LogP contribution in [0, 0.1) is 11.9 Å². The average Bonchev–Trinajstić information content (AvgIpc) is 2.93. The van der Waals surface area contributed by atoms with Crippen molar-refractivity contribution in [3.63, 3.8) is 0 Å². The van der Waals surface area contributed by atoms with E-state index in [-0.39, 0.29) is 0 Å². The van der Waals surface area contributed by atoms with Crippen LogP contribution < -0.4 is 4.74 Å². The maximum absolute atomic E-state index is 6.10.